The standard InChI is InChI=1S/C14H11BrN2O4/c1-21-13-9(3-2-6-16-13)12(18)17-11-5-4-8(15)7-10(11)14(19)20/h2-7H,1H3,(H,17,18)(H,19,20). The van der Waals surface area contributed by atoms with Gasteiger partial charge in [0.1, 0.15) is 5.56 Å². The number of nitrogens with one attached hydrogen (secondary N) is 1. The molecule has 0 radical (unpaired) electrons. The maximum Gasteiger partial charge on any atom is 0.337 e. The predicted octanol–water partition coefficient (Wildman–Crippen LogP) is 2.80. The second kappa shape index (κ2) is 6.36. The Balaban J connectivity index is 2.34. The largest absolute Gasteiger partial charge is 0.480 e. The van der Waals surface area contributed by atoms with Crippen molar-refractivity contribution in [3.8, 4) is 5.88 Å². The predicted molar refractivity (Wildman–Crippen MR) is 79.8 cm³/mol. The first-order valence-corrected chi connectivity index (χ1v) is 6.65. The maximum atomic E-state index is 12.2. The Kier molecular flexibility index (Phi) is 4.54. The number of carbonyl (C=O) groups is 2. The van der Waals surface area contributed by atoms with Crippen molar-refractivity contribution in [1.29, 1.82) is 0 Å². The molecule has 1 amide bonds. The van der Waals surface area contributed by atoms with E-state index in [1.54, 1.807) is 18.2 Å². The fourth-order valence-electron chi connectivity index (χ4n) is 1.72. The molecule has 0 aliphatic carbocycles. The van der Waals surface area contributed by atoms with Gasteiger partial charge in [-0.05, 0) is 30.3 Å². The van der Waals surface area contributed by atoms with E-state index in [-0.39, 0.29) is 22.7 Å². The van der Waals surface area contributed by atoms with E-state index in [4.69, 9.17) is 9.84 Å². The van der Waals surface area contributed by atoms with E-state index in [0.29, 0.717) is 4.47 Å². The Hall–Kier alpha value is -2.41. The monoisotopic (exact) mass is 350 g/mol. The third-order valence-electron chi connectivity index (χ3n) is 2.67. The Bertz CT molecular complexity index is 703. The summed E-state index contributed by atoms with van der Waals surface area (Å²) in [6.07, 6.45) is 1.50. The topological polar surface area (TPSA) is 88.5 Å². The molecule has 2 N–H and O–H groups in total. The highest BCUT2D eigenvalue weighted by atomic mass is 79.9. The van der Waals surface area contributed by atoms with E-state index in [1.807, 2.05) is 0 Å². The molecule has 2 aromatic rings. The molecule has 1 heterocycles. The summed E-state index contributed by atoms with van der Waals surface area (Å²) in [7, 11) is 1.40. The Morgan fingerprint density at radius 3 is 2.71 bits per heavy atom. The zero-order valence-electron chi connectivity index (χ0n) is 11.0. The first-order chi connectivity index (χ1) is 10.0. The van der Waals surface area contributed by atoms with Crippen molar-refractivity contribution in [3.05, 3.63) is 52.1 Å². The first kappa shape index (κ1) is 15.0. The fourth-order valence-corrected chi connectivity index (χ4v) is 2.08. The number of hydrogen-bond donors (Lipinski definition) is 2. The summed E-state index contributed by atoms with van der Waals surface area (Å²) >= 11 is 3.19. The summed E-state index contributed by atoms with van der Waals surface area (Å²) in [5.74, 6) is -1.46. The Labute approximate surface area is 128 Å². The molecule has 1 aromatic heterocycles. The van der Waals surface area contributed by atoms with Gasteiger partial charge in [-0.15, -0.1) is 0 Å². The van der Waals surface area contributed by atoms with Crippen LogP contribution in [0.1, 0.15) is 20.7 Å². The number of hydrogen-bond acceptors (Lipinski definition) is 4. The lowest BCUT2D eigenvalue weighted by atomic mass is 10.1. The third kappa shape index (κ3) is 3.38. The molecule has 2 rings (SSSR count). The average molecular weight is 351 g/mol. The third-order valence-corrected chi connectivity index (χ3v) is 3.16. The van der Waals surface area contributed by atoms with Gasteiger partial charge in [-0.25, -0.2) is 9.78 Å². The second-order valence-corrected chi connectivity index (χ2v) is 4.93. The number of pyridine rings is 1. The molecule has 6 nitrogen and oxygen atoms in total. The van der Waals surface area contributed by atoms with Crippen LogP contribution in [0.5, 0.6) is 5.88 Å². The molecule has 0 fully saturated rings. The summed E-state index contributed by atoms with van der Waals surface area (Å²) in [6.45, 7) is 0. The molecule has 1 aromatic carbocycles. The van der Waals surface area contributed by atoms with Crippen molar-refractivity contribution in [3.63, 3.8) is 0 Å². The Morgan fingerprint density at radius 2 is 2.05 bits per heavy atom. The minimum absolute atomic E-state index is 0.0133. The number of carbonyl (C=O) groups excluding carboxylic acids is 1. The number of carboxylic acids is 1. The molecule has 7 heteroatoms. The van der Waals surface area contributed by atoms with Gasteiger partial charge in [-0.1, -0.05) is 15.9 Å². The molecule has 0 atom stereocenters. The number of amides is 1. The van der Waals surface area contributed by atoms with E-state index >= 15 is 0 Å². The van der Waals surface area contributed by atoms with Crippen molar-refractivity contribution >= 4 is 33.5 Å². The van der Waals surface area contributed by atoms with Crippen LogP contribution < -0.4 is 10.1 Å². The Morgan fingerprint density at radius 1 is 1.29 bits per heavy atom. The molecular formula is C14H11BrN2O4. The minimum atomic E-state index is -1.13. The number of aromatic nitrogens is 1. The summed E-state index contributed by atoms with van der Waals surface area (Å²) in [5.41, 5.74) is 0.404. The average Bonchev–Trinajstić information content (AvgIpc) is 2.48. The van der Waals surface area contributed by atoms with Gasteiger partial charge in [-0.3, -0.25) is 4.79 Å². The first-order valence-electron chi connectivity index (χ1n) is 5.86. The van der Waals surface area contributed by atoms with Crippen molar-refractivity contribution in [1.82, 2.24) is 4.98 Å². The fraction of sp³-hybridized carbons (Fsp3) is 0.0714. The van der Waals surface area contributed by atoms with Gasteiger partial charge in [-0.2, -0.15) is 0 Å². The normalized spacial score (nSPS) is 10.0. The lowest BCUT2D eigenvalue weighted by molar-refractivity contribution is 0.0698. The number of carboxylic acid groups (broad SMARTS) is 1. The van der Waals surface area contributed by atoms with Crippen LogP contribution in [0.2, 0.25) is 0 Å². The van der Waals surface area contributed by atoms with E-state index in [2.05, 4.69) is 26.2 Å². The number of anilines is 1. The van der Waals surface area contributed by atoms with Gasteiger partial charge in [0.15, 0.2) is 0 Å². The van der Waals surface area contributed by atoms with E-state index in [9.17, 15) is 9.59 Å². The van der Waals surface area contributed by atoms with Gasteiger partial charge in [0.2, 0.25) is 5.88 Å². The highest BCUT2D eigenvalue weighted by Crippen LogP contribution is 2.23. The van der Waals surface area contributed by atoms with Gasteiger partial charge in [0.05, 0.1) is 18.4 Å². The highest BCUT2D eigenvalue weighted by molar-refractivity contribution is 9.10. The maximum absolute atomic E-state index is 12.2. The molecule has 0 unspecified atom stereocenters. The highest BCUT2D eigenvalue weighted by Gasteiger charge is 2.17. The molecule has 21 heavy (non-hydrogen) atoms. The van der Waals surface area contributed by atoms with Crippen LogP contribution in [-0.4, -0.2) is 29.1 Å². The van der Waals surface area contributed by atoms with E-state index in [0.717, 1.165) is 0 Å². The van der Waals surface area contributed by atoms with E-state index < -0.39 is 11.9 Å². The summed E-state index contributed by atoms with van der Waals surface area (Å²) in [6, 6.07) is 7.70. The van der Waals surface area contributed by atoms with Gasteiger partial charge in [0.25, 0.3) is 5.91 Å². The summed E-state index contributed by atoms with van der Waals surface area (Å²) in [5, 5.41) is 11.7. The molecule has 0 saturated heterocycles. The van der Waals surface area contributed by atoms with Crippen LogP contribution in [0.25, 0.3) is 0 Å². The van der Waals surface area contributed by atoms with Crippen molar-refractivity contribution in [2.24, 2.45) is 0 Å². The molecule has 0 bridgehead atoms. The molecular weight excluding hydrogens is 340 g/mol. The SMILES string of the molecule is COc1ncccc1C(=O)Nc1ccc(Br)cc1C(=O)O. The quantitative estimate of drug-likeness (QED) is 0.884. The summed E-state index contributed by atoms with van der Waals surface area (Å²) in [4.78, 5) is 27.3. The van der Waals surface area contributed by atoms with Crippen molar-refractivity contribution in [2.75, 3.05) is 12.4 Å². The zero-order valence-corrected chi connectivity index (χ0v) is 12.5. The van der Waals surface area contributed by atoms with Crippen LogP contribution in [0.3, 0.4) is 0 Å². The number of rotatable bonds is 4. The van der Waals surface area contributed by atoms with Crippen LogP contribution in [-0.2, 0) is 0 Å². The second-order valence-electron chi connectivity index (χ2n) is 4.01. The number of nitrogens with zero attached hydrogens (tertiary/aromatic N) is 1. The number of aromatic carboxylic acids is 1. The molecule has 0 aliphatic heterocycles. The molecule has 0 spiro atoms. The number of benzene rings is 1. The lowest BCUT2D eigenvalue weighted by Gasteiger charge is -2.10. The zero-order chi connectivity index (χ0) is 15.4. The van der Waals surface area contributed by atoms with Crippen LogP contribution in [0, 0.1) is 0 Å². The molecule has 108 valence electrons. The smallest absolute Gasteiger partial charge is 0.337 e. The van der Waals surface area contributed by atoms with Gasteiger partial charge in [0, 0.05) is 10.7 Å². The number of halogens is 1. The number of methoxy groups -OCH3 is 1. The lowest BCUT2D eigenvalue weighted by Crippen LogP contribution is -2.16. The minimum Gasteiger partial charge on any atom is -0.480 e. The van der Waals surface area contributed by atoms with Crippen LogP contribution >= 0.6 is 15.9 Å². The summed E-state index contributed by atoms with van der Waals surface area (Å²) < 4.78 is 5.61. The van der Waals surface area contributed by atoms with Crippen molar-refractivity contribution < 1.29 is 19.4 Å². The van der Waals surface area contributed by atoms with E-state index in [1.165, 1.54) is 25.4 Å². The van der Waals surface area contributed by atoms with Crippen molar-refractivity contribution in [2.45, 2.75) is 0 Å². The molecule has 0 aliphatic rings. The van der Waals surface area contributed by atoms with Crippen LogP contribution in [0.15, 0.2) is 41.0 Å². The van der Waals surface area contributed by atoms with Crippen LogP contribution in [0.4, 0.5) is 5.69 Å². The molecule has 0 saturated carbocycles. The number of ether oxygens (including phenoxy) is 1. The van der Waals surface area contributed by atoms with Gasteiger partial charge >= 0.3 is 5.97 Å². The van der Waals surface area contributed by atoms with Gasteiger partial charge < -0.3 is 15.2 Å².